The van der Waals surface area contributed by atoms with Gasteiger partial charge in [0.15, 0.2) is 5.78 Å². The monoisotopic (exact) mass is 354 g/mol. The third-order valence-corrected chi connectivity index (χ3v) is 4.01. The zero-order valence-corrected chi connectivity index (χ0v) is 15.1. The number of ether oxygens (including phenoxy) is 1. The summed E-state index contributed by atoms with van der Waals surface area (Å²) in [7, 11) is 1.27. The summed E-state index contributed by atoms with van der Waals surface area (Å²) in [6.07, 6.45) is 2.99. The SMILES string of the molecule is COC(=O)[C@@H](C(C)C)N(CC(=O)c1ccccc1)C(=O)c1ccncc1. The summed E-state index contributed by atoms with van der Waals surface area (Å²) in [5, 5.41) is 0. The molecule has 1 atom stereocenters. The molecule has 0 spiro atoms. The molecule has 0 aliphatic heterocycles. The van der Waals surface area contributed by atoms with Crippen molar-refractivity contribution >= 4 is 17.7 Å². The van der Waals surface area contributed by atoms with Crippen molar-refractivity contribution in [3.63, 3.8) is 0 Å². The zero-order valence-electron chi connectivity index (χ0n) is 15.1. The number of amides is 1. The molecule has 0 saturated heterocycles. The summed E-state index contributed by atoms with van der Waals surface area (Å²) in [4.78, 5) is 43.2. The second kappa shape index (κ2) is 8.89. The van der Waals surface area contributed by atoms with Crippen molar-refractivity contribution in [3.8, 4) is 0 Å². The molecule has 0 saturated carbocycles. The average Bonchev–Trinajstić information content (AvgIpc) is 2.67. The Morgan fingerprint density at radius 1 is 1.00 bits per heavy atom. The van der Waals surface area contributed by atoms with Crippen LogP contribution in [0.2, 0.25) is 0 Å². The lowest BCUT2D eigenvalue weighted by atomic mass is 10.00. The van der Waals surface area contributed by atoms with Crippen molar-refractivity contribution in [2.45, 2.75) is 19.9 Å². The number of nitrogens with zero attached hydrogens (tertiary/aromatic N) is 2. The minimum Gasteiger partial charge on any atom is -0.467 e. The van der Waals surface area contributed by atoms with Crippen molar-refractivity contribution in [1.29, 1.82) is 0 Å². The number of benzene rings is 1. The minimum atomic E-state index is -0.867. The Kier molecular flexibility index (Phi) is 6.60. The van der Waals surface area contributed by atoms with Crippen molar-refractivity contribution in [1.82, 2.24) is 9.88 Å². The number of pyridine rings is 1. The highest BCUT2D eigenvalue weighted by molar-refractivity contribution is 6.03. The fourth-order valence-corrected chi connectivity index (χ4v) is 2.71. The van der Waals surface area contributed by atoms with Gasteiger partial charge in [0.2, 0.25) is 0 Å². The molecule has 1 aromatic carbocycles. The number of rotatable bonds is 7. The van der Waals surface area contributed by atoms with Crippen LogP contribution in [0.15, 0.2) is 54.9 Å². The van der Waals surface area contributed by atoms with E-state index in [1.165, 1.54) is 24.4 Å². The standard InChI is InChI=1S/C20H22N2O4/c1-14(2)18(20(25)26-3)22(19(24)16-9-11-21-12-10-16)13-17(23)15-7-5-4-6-8-15/h4-12,14,18H,13H2,1-3H3/t18-/m1/s1. The van der Waals surface area contributed by atoms with E-state index in [1.807, 2.05) is 6.07 Å². The lowest BCUT2D eigenvalue weighted by Gasteiger charge is -2.32. The van der Waals surface area contributed by atoms with E-state index in [-0.39, 0.29) is 18.2 Å². The number of carbonyl (C=O) groups excluding carboxylic acids is 3. The summed E-state index contributed by atoms with van der Waals surface area (Å²) < 4.78 is 4.87. The molecule has 1 heterocycles. The highest BCUT2D eigenvalue weighted by atomic mass is 16.5. The van der Waals surface area contributed by atoms with Gasteiger partial charge in [0.05, 0.1) is 13.7 Å². The maximum atomic E-state index is 13.0. The zero-order chi connectivity index (χ0) is 19.1. The maximum Gasteiger partial charge on any atom is 0.328 e. The number of methoxy groups -OCH3 is 1. The molecule has 0 aliphatic carbocycles. The number of hydrogen-bond acceptors (Lipinski definition) is 5. The largest absolute Gasteiger partial charge is 0.467 e. The Bertz CT molecular complexity index is 760. The molecule has 0 fully saturated rings. The van der Waals surface area contributed by atoms with Gasteiger partial charge >= 0.3 is 5.97 Å². The van der Waals surface area contributed by atoms with Gasteiger partial charge in [-0.3, -0.25) is 14.6 Å². The summed E-state index contributed by atoms with van der Waals surface area (Å²) in [6, 6.07) is 10.9. The lowest BCUT2D eigenvalue weighted by molar-refractivity contribution is -0.147. The average molecular weight is 354 g/mol. The van der Waals surface area contributed by atoms with Crippen LogP contribution in [0.1, 0.15) is 34.6 Å². The first kappa shape index (κ1) is 19.3. The number of Topliss-reactive ketones (excluding diaryl/α,β-unsaturated/α-hetero) is 1. The quantitative estimate of drug-likeness (QED) is 0.564. The van der Waals surface area contributed by atoms with E-state index in [1.54, 1.807) is 50.2 Å². The fraction of sp³-hybridized carbons (Fsp3) is 0.300. The maximum absolute atomic E-state index is 13.0. The molecule has 26 heavy (non-hydrogen) atoms. The van der Waals surface area contributed by atoms with E-state index in [9.17, 15) is 14.4 Å². The Balaban J connectivity index is 2.39. The van der Waals surface area contributed by atoms with Crippen LogP contribution < -0.4 is 0 Å². The van der Waals surface area contributed by atoms with E-state index in [0.29, 0.717) is 11.1 Å². The molecule has 0 radical (unpaired) electrons. The van der Waals surface area contributed by atoms with E-state index in [2.05, 4.69) is 4.98 Å². The molecule has 6 nitrogen and oxygen atoms in total. The van der Waals surface area contributed by atoms with Gasteiger partial charge < -0.3 is 9.64 Å². The van der Waals surface area contributed by atoms with E-state index in [4.69, 9.17) is 4.74 Å². The van der Waals surface area contributed by atoms with Crippen LogP contribution in [-0.2, 0) is 9.53 Å². The number of hydrogen-bond donors (Lipinski definition) is 0. The van der Waals surface area contributed by atoms with Crippen LogP contribution >= 0.6 is 0 Å². The minimum absolute atomic E-state index is 0.219. The van der Waals surface area contributed by atoms with Gasteiger partial charge in [0.1, 0.15) is 6.04 Å². The van der Waals surface area contributed by atoms with E-state index < -0.39 is 17.9 Å². The van der Waals surface area contributed by atoms with Crippen molar-refractivity contribution in [2.75, 3.05) is 13.7 Å². The van der Waals surface area contributed by atoms with Gasteiger partial charge in [0.25, 0.3) is 5.91 Å². The Labute approximate surface area is 152 Å². The van der Waals surface area contributed by atoms with Gasteiger partial charge in [-0.05, 0) is 18.1 Å². The molecule has 2 aromatic rings. The predicted molar refractivity (Wildman–Crippen MR) is 96.7 cm³/mol. The third kappa shape index (κ3) is 4.53. The number of aromatic nitrogens is 1. The number of ketones is 1. The topological polar surface area (TPSA) is 76.6 Å². The number of carbonyl (C=O) groups is 3. The van der Waals surface area contributed by atoms with Gasteiger partial charge in [-0.1, -0.05) is 44.2 Å². The molecule has 1 amide bonds. The first-order valence-corrected chi connectivity index (χ1v) is 8.32. The Morgan fingerprint density at radius 3 is 2.15 bits per heavy atom. The fourth-order valence-electron chi connectivity index (χ4n) is 2.71. The summed E-state index contributed by atoms with van der Waals surface area (Å²) in [5.41, 5.74) is 0.836. The highest BCUT2D eigenvalue weighted by Gasteiger charge is 2.35. The predicted octanol–water partition coefficient (Wildman–Crippen LogP) is 2.60. The Hall–Kier alpha value is -3.02. The van der Waals surface area contributed by atoms with Crippen LogP contribution in [0.4, 0.5) is 0 Å². The van der Waals surface area contributed by atoms with Gasteiger partial charge in [0, 0.05) is 23.5 Å². The van der Waals surface area contributed by atoms with Crippen LogP contribution in [0.5, 0.6) is 0 Å². The second-order valence-electron chi connectivity index (χ2n) is 6.17. The van der Waals surface area contributed by atoms with E-state index in [0.717, 1.165) is 0 Å². The second-order valence-corrected chi connectivity index (χ2v) is 6.17. The van der Waals surface area contributed by atoms with Gasteiger partial charge in [-0.2, -0.15) is 0 Å². The van der Waals surface area contributed by atoms with Crippen molar-refractivity contribution < 1.29 is 19.1 Å². The van der Waals surface area contributed by atoms with Crippen LogP contribution in [-0.4, -0.2) is 47.2 Å². The first-order chi connectivity index (χ1) is 12.5. The highest BCUT2D eigenvalue weighted by Crippen LogP contribution is 2.17. The molecule has 0 unspecified atom stereocenters. The molecule has 2 rings (SSSR count). The van der Waals surface area contributed by atoms with Crippen molar-refractivity contribution in [2.24, 2.45) is 5.92 Å². The summed E-state index contributed by atoms with van der Waals surface area (Å²) in [6.45, 7) is 3.39. The first-order valence-electron chi connectivity index (χ1n) is 8.32. The van der Waals surface area contributed by atoms with Crippen LogP contribution in [0.25, 0.3) is 0 Å². The molecule has 0 aliphatic rings. The molecule has 1 aromatic heterocycles. The molecular formula is C20H22N2O4. The summed E-state index contributed by atoms with van der Waals surface area (Å²) >= 11 is 0. The molecule has 136 valence electrons. The molecule has 0 bridgehead atoms. The van der Waals surface area contributed by atoms with Gasteiger partial charge in [-0.25, -0.2) is 4.79 Å². The Morgan fingerprint density at radius 2 is 1.62 bits per heavy atom. The lowest BCUT2D eigenvalue weighted by Crippen LogP contribution is -2.50. The normalized spacial score (nSPS) is 11.7. The van der Waals surface area contributed by atoms with Crippen molar-refractivity contribution in [3.05, 3.63) is 66.0 Å². The van der Waals surface area contributed by atoms with E-state index >= 15 is 0 Å². The summed E-state index contributed by atoms with van der Waals surface area (Å²) in [5.74, 6) is -1.44. The van der Waals surface area contributed by atoms with Gasteiger partial charge in [-0.15, -0.1) is 0 Å². The third-order valence-electron chi connectivity index (χ3n) is 4.01. The van der Waals surface area contributed by atoms with Crippen LogP contribution in [0.3, 0.4) is 0 Å². The number of esters is 1. The smallest absolute Gasteiger partial charge is 0.328 e. The molecule has 6 heteroatoms. The molecular weight excluding hydrogens is 332 g/mol. The molecule has 0 N–H and O–H groups in total. The van der Waals surface area contributed by atoms with Crippen LogP contribution in [0, 0.1) is 5.92 Å².